The maximum atomic E-state index is 6.15. The van der Waals surface area contributed by atoms with E-state index in [1.165, 1.54) is 5.56 Å². The fourth-order valence-corrected chi connectivity index (χ4v) is 2.44. The van der Waals surface area contributed by atoms with Crippen LogP contribution in [0, 0.1) is 6.92 Å². The minimum Gasteiger partial charge on any atom is -0.369 e. The predicted octanol–water partition coefficient (Wildman–Crippen LogP) is 3.12. The summed E-state index contributed by atoms with van der Waals surface area (Å²) in [6, 6.07) is 13.7. The van der Waals surface area contributed by atoms with Crippen molar-refractivity contribution in [2.24, 2.45) is 10.7 Å². The van der Waals surface area contributed by atoms with Crippen LogP contribution in [0.5, 0.6) is 0 Å². The normalized spacial score (nSPS) is 11.5. The molecule has 122 valence electrons. The van der Waals surface area contributed by atoms with Gasteiger partial charge in [0.05, 0.1) is 11.2 Å². The molecule has 6 nitrogen and oxygen atoms in total. The molecule has 0 fully saturated rings. The summed E-state index contributed by atoms with van der Waals surface area (Å²) in [5.74, 6) is 0.638. The van der Waals surface area contributed by atoms with Gasteiger partial charge in [-0.25, -0.2) is 9.97 Å². The van der Waals surface area contributed by atoms with Gasteiger partial charge in [0.2, 0.25) is 11.9 Å². The SMILES string of the molecule is CN=C(N)NNc1nc(-c2ccc(C)cc2)c2cc(Cl)ccc2n1. The molecular formula is C17H17ClN6. The van der Waals surface area contributed by atoms with Crippen molar-refractivity contribution >= 4 is 34.4 Å². The second kappa shape index (κ2) is 6.72. The molecule has 1 aromatic heterocycles. The molecule has 4 N–H and O–H groups in total. The van der Waals surface area contributed by atoms with Gasteiger partial charge in [-0.05, 0) is 25.1 Å². The van der Waals surface area contributed by atoms with Crippen LogP contribution in [0.25, 0.3) is 22.2 Å². The van der Waals surface area contributed by atoms with Crippen LogP contribution in [0.2, 0.25) is 5.02 Å². The molecule has 7 heteroatoms. The average molecular weight is 341 g/mol. The van der Waals surface area contributed by atoms with E-state index in [0.717, 1.165) is 22.2 Å². The number of hydrogen-bond acceptors (Lipinski definition) is 4. The highest BCUT2D eigenvalue weighted by molar-refractivity contribution is 6.31. The lowest BCUT2D eigenvalue weighted by Crippen LogP contribution is -2.36. The van der Waals surface area contributed by atoms with Gasteiger partial charge < -0.3 is 5.73 Å². The van der Waals surface area contributed by atoms with E-state index >= 15 is 0 Å². The zero-order chi connectivity index (χ0) is 17.1. The third-order valence-corrected chi connectivity index (χ3v) is 3.76. The minimum absolute atomic E-state index is 0.242. The molecule has 0 aliphatic carbocycles. The number of nitrogens with two attached hydrogens (primary N) is 1. The Bertz CT molecular complexity index is 905. The van der Waals surface area contributed by atoms with Crippen LogP contribution < -0.4 is 16.6 Å². The predicted molar refractivity (Wildman–Crippen MR) is 99.0 cm³/mol. The first-order valence-electron chi connectivity index (χ1n) is 7.35. The molecule has 0 amide bonds. The number of hydrazine groups is 1. The Labute approximate surface area is 144 Å². The maximum absolute atomic E-state index is 6.15. The molecule has 24 heavy (non-hydrogen) atoms. The van der Waals surface area contributed by atoms with Crippen LogP contribution in [-0.4, -0.2) is 23.0 Å². The highest BCUT2D eigenvalue weighted by atomic mass is 35.5. The number of hydrogen-bond donors (Lipinski definition) is 3. The number of guanidine groups is 1. The first kappa shape index (κ1) is 16.0. The number of nitrogens with one attached hydrogen (secondary N) is 2. The summed E-state index contributed by atoms with van der Waals surface area (Å²) in [5, 5.41) is 1.52. The molecule has 0 bridgehead atoms. The molecule has 0 radical (unpaired) electrons. The lowest BCUT2D eigenvalue weighted by atomic mass is 10.1. The fourth-order valence-electron chi connectivity index (χ4n) is 2.26. The van der Waals surface area contributed by atoms with Crippen molar-refractivity contribution in [3.05, 3.63) is 53.1 Å². The van der Waals surface area contributed by atoms with Crippen molar-refractivity contribution < 1.29 is 0 Å². The van der Waals surface area contributed by atoms with Crippen molar-refractivity contribution in [2.75, 3.05) is 12.5 Å². The summed E-state index contributed by atoms with van der Waals surface area (Å²) in [4.78, 5) is 12.9. The molecule has 0 saturated heterocycles. The topological polar surface area (TPSA) is 88.2 Å². The van der Waals surface area contributed by atoms with Gasteiger partial charge in [0, 0.05) is 23.0 Å². The minimum atomic E-state index is 0.242. The molecule has 0 aliphatic rings. The Kier molecular flexibility index (Phi) is 4.48. The quantitative estimate of drug-likeness (QED) is 0.387. The first-order valence-corrected chi connectivity index (χ1v) is 7.73. The van der Waals surface area contributed by atoms with Crippen molar-refractivity contribution in [1.82, 2.24) is 15.4 Å². The van der Waals surface area contributed by atoms with Crippen LogP contribution in [0.4, 0.5) is 5.95 Å². The van der Waals surface area contributed by atoms with Gasteiger partial charge in [-0.15, -0.1) is 0 Å². The number of aryl methyl sites for hydroxylation is 1. The number of aromatic nitrogens is 2. The second-order valence-electron chi connectivity index (χ2n) is 5.28. The fraction of sp³-hybridized carbons (Fsp3) is 0.118. The van der Waals surface area contributed by atoms with E-state index in [9.17, 15) is 0 Å². The van der Waals surface area contributed by atoms with E-state index in [-0.39, 0.29) is 5.96 Å². The Morgan fingerprint density at radius 2 is 1.88 bits per heavy atom. The third-order valence-electron chi connectivity index (χ3n) is 3.53. The van der Waals surface area contributed by atoms with Crippen LogP contribution in [-0.2, 0) is 0 Å². The van der Waals surface area contributed by atoms with E-state index in [4.69, 9.17) is 17.3 Å². The molecule has 3 rings (SSSR count). The van der Waals surface area contributed by atoms with Gasteiger partial charge in [-0.3, -0.25) is 15.8 Å². The zero-order valence-electron chi connectivity index (χ0n) is 13.3. The number of halogens is 1. The molecule has 0 unspecified atom stereocenters. The van der Waals surface area contributed by atoms with Crippen molar-refractivity contribution in [2.45, 2.75) is 6.92 Å². The van der Waals surface area contributed by atoms with E-state index in [2.05, 4.69) is 25.8 Å². The number of aliphatic imine (C=N–C) groups is 1. The van der Waals surface area contributed by atoms with Crippen molar-refractivity contribution in [1.29, 1.82) is 0 Å². The second-order valence-corrected chi connectivity index (χ2v) is 5.72. The number of fused-ring (bicyclic) bond motifs is 1. The van der Waals surface area contributed by atoms with E-state index in [1.807, 2.05) is 43.3 Å². The van der Waals surface area contributed by atoms with Gasteiger partial charge in [0.15, 0.2) is 0 Å². The van der Waals surface area contributed by atoms with Gasteiger partial charge in [0.25, 0.3) is 0 Å². The summed E-state index contributed by atoms with van der Waals surface area (Å²) >= 11 is 6.15. The number of rotatable bonds is 3. The van der Waals surface area contributed by atoms with E-state index < -0.39 is 0 Å². The van der Waals surface area contributed by atoms with Crippen molar-refractivity contribution in [3.8, 4) is 11.3 Å². The Morgan fingerprint density at radius 1 is 1.12 bits per heavy atom. The Balaban J connectivity index is 2.12. The lowest BCUT2D eigenvalue weighted by Gasteiger charge is -2.11. The molecule has 0 aliphatic heterocycles. The maximum Gasteiger partial charge on any atom is 0.242 e. The monoisotopic (exact) mass is 340 g/mol. The highest BCUT2D eigenvalue weighted by Crippen LogP contribution is 2.29. The average Bonchev–Trinajstić information content (AvgIpc) is 2.60. The Morgan fingerprint density at radius 3 is 2.58 bits per heavy atom. The summed E-state index contributed by atoms with van der Waals surface area (Å²) < 4.78 is 0. The number of anilines is 1. The summed E-state index contributed by atoms with van der Waals surface area (Å²) in [7, 11) is 1.59. The first-order chi connectivity index (χ1) is 11.6. The summed E-state index contributed by atoms with van der Waals surface area (Å²) in [5.41, 5.74) is 15.0. The van der Waals surface area contributed by atoms with Gasteiger partial charge in [0.1, 0.15) is 0 Å². The molecule has 3 aromatic rings. The van der Waals surface area contributed by atoms with Crippen LogP contribution in [0.3, 0.4) is 0 Å². The molecule has 1 heterocycles. The standard InChI is InChI=1S/C17H17ClN6/c1-10-3-5-11(6-4-10)15-13-9-12(18)7-8-14(13)21-17(22-15)24-23-16(19)20-2/h3-9H,1-2H3,(H3,19,20,23)(H,21,22,24). The van der Waals surface area contributed by atoms with Crippen LogP contribution in [0.1, 0.15) is 5.56 Å². The largest absolute Gasteiger partial charge is 0.369 e. The molecule has 0 atom stereocenters. The van der Waals surface area contributed by atoms with Gasteiger partial charge in [-0.2, -0.15) is 0 Å². The van der Waals surface area contributed by atoms with Gasteiger partial charge >= 0.3 is 0 Å². The lowest BCUT2D eigenvalue weighted by molar-refractivity contribution is 1.03. The van der Waals surface area contributed by atoms with Gasteiger partial charge in [-0.1, -0.05) is 41.4 Å². The highest BCUT2D eigenvalue weighted by Gasteiger charge is 2.10. The smallest absolute Gasteiger partial charge is 0.242 e. The number of nitrogens with zero attached hydrogens (tertiary/aromatic N) is 3. The molecular weight excluding hydrogens is 324 g/mol. The Hall–Kier alpha value is -2.86. The summed E-state index contributed by atoms with van der Waals surface area (Å²) in [6.45, 7) is 2.04. The number of benzene rings is 2. The molecule has 2 aromatic carbocycles. The van der Waals surface area contributed by atoms with Crippen LogP contribution >= 0.6 is 11.6 Å². The molecule has 0 saturated carbocycles. The van der Waals surface area contributed by atoms with E-state index in [0.29, 0.717) is 11.0 Å². The van der Waals surface area contributed by atoms with Crippen molar-refractivity contribution in [3.63, 3.8) is 0 Å². The third kappa shape index (κ3) is 3.38. The molecule has 0 spiro atoms. The van der Waals surface area contributed by atoms with E-state index in [1.54, 1.807) is 13.1 Å². The van der Waals surface area contributed by atoms with Crippen LogP contribution in [0.15, 0.2) is 47.5 Å². The summed E-state index contributed by atoms with van der Waals surface area (Å²) in [6.07, 6.45) is 0. The zero-order valence-corrected chi connectivity index (χ0v) is 14.1.